The lowest BCUT2D eigenvalue weighted by Crippen LogP contribution is -1.99. The van der Waals surface area contributed by atoms with E-state index >= 15 is 0 Å². The number of benzene rings is 2. The van der Waals surface area contributed by atoms with Crippen LogP contribution < -0.4 is 4.74 Å². The van der Waals surface area contributed by atoms with Crippen molar-refractivity contribution in [3.05, 3.63) is 65.0 Å². The Hall–Kier alpha value is -1.54. The lowest BCUT2D eigenvalue weighted by Gasteiger charge is -2.13. The average molecular weight is 279 g/mol. The van der Waals surface area contributed by atoms with E-state index in [1.165, 1.54) is 12.1 Å². The maximum atomic E-state index is 13.3. The maximum Gasteiger partial charge on any atom is 0.123 e. The molecule has 0 saturated heterocycles. The van der Waals surface area contributed by atoms with Crippen LogP contribution in [0, 0.1) is 12.7 Å². The van der Waals surface area contributed by atoms with Crippen molar-refractivity contribution in [1.82, 2.24) is 0 Å². The average Bonchev–Trinajstić information content (AvgIpc) is 2.41. The van der Waals surface area contributed by atoms with Crippen LogP contribution in [0.25, 0.3) is 0 Å². The second kappa shape index (κ2) is 6.07. The topological polar surface area (TPSA) is 9.23 Å². The first kappa shape index (κ1) is 13.9. The first-order valence-corrected chi connectivity index (χ1v) is 6.57. The highest BCUT2D eigenvalue weighted by Crippen LogP contribution is 2.29. The van der Waals surface area contributed by atoms with E-state index in [0.717, 1.165) is 22.4 Å². The van der Waals surface area contributed by atoms with Gasteiger partial charge in [0.05, 0.1) is 12.5 Å². The van der Waals surface area contributed by atoms with Gasteiger partial charge in [0.25, 0.3) is 0 Å². The molecule has 0 saturated carbocycles. The van der Waals surface area contributed by atoms with Crippen molar-refractivity contribution >= 4 is 11.6 Å². The minimum absolute atomic E-state index is 0.247. The summed E-state index contributed by atoms with van der Waals surface area (Å²) in [6, 6.07) is 12.5. The van der Waals surface area contributed by atoms with Gasteiger partial charge in [-0.15, -0.1) is 11.6 Å². The van der Waals surface area contributed by atoms with Crippen molar-refractivity contribution in [2.75, 3.05) is 7.11 Å². The molecule has 0 radical (unpaired) electrons. The summed E-state index contributed by atoms with van der Waals surface area (Å²) in [6.45, 7) is 1.94. The molecule has 0 amide bonds. The molecule has 2 rings (SSSR count). The molecule has 3 heteroatoms. The summed E-state index contributed by atoms with van der Waals surface area (Å²) in [4.78, 5) is 0. The summed E-state index contributed by atoms with van der Waals surface area (Å²) in [5.41, 5.74) is 2.91. The van der Waals surface area contributed by atoms with E-state index in [0.29, 0.717) is 6.42 Å². The molecule has 0 aliphatic rings. The molecule has 0 N–H and O–H groups in total. The molecule has 0 fully saturated rings. The van der Waals surface area contributed by atoms with Crippen molar-refractivity contribution in [1.29, 1.82) is 0 Å². The van der Waals surface area contributed by atoms with Gasteiger partial charge in [0.2, 0.25) is 0 Å². The molecule has 1 unspecified atom stereocenters. The standard InChI is InChI=1S/C16H16ClFO/c1-11-6-7-13(18)10-15(11)16(17)9-12-4-3-5-14(8-12)19-2/h3-8,10,16H,9H2,1-2H3. The van der Waals surface area contributed by atoms with Crippen molar-refractivity contribution in [2.24, 2.45) is 0 Å². The van der Waals surface area contributed by atoms with Gasteiger partial charge in [0.1, 0.15) is 11.6 Å². The van der Waals surface area contributed by atoms with Gasteiger partial charge < -0.3 is 4.74 Å². The Morgan fingerprint density at radius 1 is 1.21 bits per heavy atom. The quantitative estimate of drug-likeness (QED) is 0.739. The number of methoxy groups -OCH3 is 1. The molecule has 0 aliphatic heterocycles. The molecule has 100 valence electrons. The predicted molar refractivity (Wildman–Crippen MR) is 76.4 cm³/mol. The van der Waals surface area contributed by atoms with Gasteiger partial charge in [0, 0.05) is 0 Å². The normalized spacial score (nSPS) is 12.2. The van der Waals surface area contributed by atoms with Gasteiger partial charge in [-0.1, -0.05) is 18.2 Å². The van der Waals surface area contributed by atoms with E-state index in [9.17, 15) is 4.39 Å². The fourth-order valence-corrected chi connectivity index (χ4v) is 2.48. The van der Waals surface area contributed by atoms with Gasteiger partial charge in [-0.3, -0.25) is 0 Å². The Morgan fingerprint density at radius 3 is 2.74 bits per heavy atom. The Morgan fingerprint density at radius 2 is 2.00 bits per heavy atom. The van der Waals surface area contributed by atoms with Crippen LogP contribution in [0.2, 0.25) is 0 Å². The lowest BCUT2D eigenvalue weighted by atomic mass is 10.00. The molecule has 2 aromatic rings. The zero-order valence-electron chi connectivity index (χ0n) is 11.0. The van der Waals surface area contributed by atoms with E-state index in [-0.39, 0.29) is 11.2 Å². The van der Waals surface area contributed by atoms with Gasteiger partial charge in [-0.25, -0.2) is 4.39 Å². The molecule has 1 nitrogen and oxygen atoms in total. The number of ether oxygens (including phenoxy) is 1. The molecule has 0 bridgehead atoms. The molecular weight excluding hydrogens is 263 g/mol. The summed E-state index contributed by atoms with van der Waals surface area (Å²) < 4.78 is 18.5. The van der Waals surface area contributed by atoms with Crippen LogP contribution in [-0.4, -0.2) is 7.11 Å². The number of hydrogen-bond acceptors (Lipinski definition) is 1. The molecule has 0 spiro atoms. The highest BCUT2D eigenvalue weighted by Gasteiger charge is 2.13. The van der Waals surface area contributed by atoms with E-state index in [1.54, 1.807) is 13.2 Å². The maximum absolute atomic E-state index is 13.3. The number of alkyl halides is 1. The lowest BCUT2D eigenvalue weighted by molar-refractivity contribution is 0.414. The van der Waals surface area contributed by atoms with Crippen LogP contribution in [0.3, 0.4) is 0 Å². The van der Waals surface area contributed by atoms with Crippen molar-refractivity contribution in [3.8, 4) is 5.75 Å². The molecular formula is C16H16ClFO. The Kier molecular flexibility index (Phi) is 4.43. The smallest absolute Gasteiger partial charge is 0.123 e. The minimum atomic E-state index is -0.253. The molecule has 2 aromatic carbocycles. The third-order valence-corrected chi connectivity index (χ3v) is 3.52. The second-order valence-corrected chi connectivity index (χ2v) is 5.05. The van der Waals surface area contributed by atoms with Gasteiger partial charge >= 0.3 is 0 Å². The molecule has 1 atom stereocenters. The fourth-order valence-electron chi connectivity index (χ4n) is 2.07. The highest BCUT2D eigenvalue weighted by molar-refractivity contribution is 6.21. The minimum Gasteiger partial charge on any atom is -0.497 e. The second-order valence-electron chi connectivity index (χ2n) is 4.52. The van der Waals surface area contributed by atoms with Crippen molar-refractivity contribution in [2.45, 2.75) is 18.7 Å². The van der Waals surface area contributed by atoms with E-state index in [4.69, 9.17) is 16.3 Å². The van der Waals surface area contributed by atoms with Crippen LogP contribution in [-0.2, 0) is 6.42 Å². The highest BCUT2D eigenvalue weighted by atomic mass is 35.5. The number of hydrogen-bond donors (Lipinski definition) is 0. The van der Waals surface area contributed by atoms with E-state index in [2.05, 4.69) is 0 Å². The van der Waals surface area contributed by atoms with Gasteiger partial charge in [-0.05, 0) is 54.3 Å². The third-order valence-electron chi connectivity index (χ3n) is 3.13. The zero-order valence-corrected chi connectivity index (χ0v) is 11.7. The fraction of sp³-hybridized carbons (Fsp3) is 0.250. The summed E-state index contributed by atoms with van der Waals surface area (Å²) in [5.74, 6) is 0.550. The molecule has 0 aromatic heterocycles. The summed E-state index contributed by atoms with van der Waals surface area (Å²) >= 11 is 6.41. The Labute approximate surface area is 118 Å². The zero-order chi connectivity index (χ0) is 13.8. The van der Waals surface area contributed by atoms with Gasteiger partial charge in [0.15, 0.2) is 0 Å². The van der Waals surface area contributed by atoms with E-state index in [1.807, 2.05) is 31.2 Å². The van der Waals surface area contributed by atoms with E-state index < -0.39 is 0 Å². The Bertz CT molecular complexity index is 568. The number of halogens is 2. The van der Waals surface area contributed by atoms with Crippen LogP contribution in [0.5, 0.6) is 5.75 Å². The first-order valence-electron chi connectivity index (χ1n) is 6.13. The largest absolute Gasteiger partial charge is 0.497 e. The molecule has 19 heavy (non-hydrogen) atoms. The van der Waals surface area contributed by atoms with Gasteiger partial charge in [-0.2, -0.15) is 0 Å². The summed E-state index contributed by atoms with van der Waals surface area (Å²) in [7, 11) is 1.63. The van der Waals surface area contributed by atoms with Crippen LogP contribution >= 0.6 is 11.6 Å². The van der Waals surface area contributed by atoms with Crippen LogP contribution in [0.15, 0.2) is 42.5 Å². The third kappa shape index (κ3) is 3.48. The first-order chi connectivity index (χ1) is 9.10. The summed E-state index contributed by atoms with van der Waals surface area (Å²) in [6.07, 6.45) is 0.642. The molecule has 0 heterocycles. The monoisotopic (exact) mass is 278 g/mol. The predicted octanol–water partition coefficient (Wildman–Crippen LogP) is 4.67. The SMILES string of the molecule is COc1cccc(CC(Cl)c2cc(F)ccc2C)c1. The van der Waals surface area contributed by atoms with Crippen LogP contribution in [0.4, 0.5) is 4.39 Å². The van der Waals surface area contributed by atoms with Crippen molar-refractivity contribution < 1.29 is 9.13 Å². The van der Waals surface area contributed by atoms with Crippen molar-refractivity contribution in [3.63, 3.8) is 0 Å². The van der Waals surface area contributed by atoms with Crippen LogP contribution in [0.1, 0.15) is 22.1 Å². The molecule has 0 aliphatic carbocycles. The number of rotatable bonds is 4. The number of aryl methyl sites for hydroxylation is 1. The Balaban J connectivity index is 2.20. The summed E-state index contributed by atoms with van der Waals surface area (Å²) in [5, 5.41) is -0.247.